The first-order valence-corrected chi connectivity index (χ1v) is 8.15. The highest BCUT2D eigenvalue weighted by atomic mass is 35.5. The van der Waals surface area contributed by atoms with Gasteiger partial charge in [-0.15, -0.1) is 24.8 Å². The normalized spacial score (nSPS) is 18.0. The van der Waals surface area contributed by atoms with Crippen molar-refractivity contribution >= 4 is 36.4 Å². The van der Waals surface area contributed by atoms with Gasteiger partial charge in [0.2, 0.25) is 0 Å². The van der Waals surface area contributed by atoms with Crippen LogP contribution < -0.4 is 5.32 Å². The van der Waals surface area contributed by atoms with Crippen molar-refractivity contribution in [2.75, 3.05) is 26.2 Å². The van der Waals surface area contributed by atoms with Crippen LogP contribution in [-0.4, -0.2) is 31.1 Å². The zero-order valence-corrected chi connectivity index (χ0v) is 16.4. The molecule has 1 saturated heterocycles. The molecule has 1 fully saturated rings. The number of nitrogens with zero attached hydrogens (tertiary/aromatic N) is 1. The van der Waals surface area contributed by atoms with Gasteiger partial charge in [0, 0.05) is 37.8 Å². The third-order valence-corrected chi connectivity index (χ3v) is 4.75. The minimum Gasteiger partial charge on any atom is -0.314 e. The Bertz CT molecular complexity index is 549. The Kier molecular flexibility index (Phi) is 10.1. The molecular formula is C16H23Cl3F4N2. The van der Waals surface area contributed by atoms with Crippen LogP contribution in [0, 0.1) is 11.7 Å². The number of hydrogen-bond donors (Lipinski definition) is 1. The summed E-state index contributed by atoms with van der Waals surface area (Å²) in [4.78, 5) is 1.93. The quantitative estimate of drug-likeness (QED) is 0.656. The predicted octanol–water partition coefficient (Wildman–Crippen LogP) is 5.33. The predicted molar refractivity (Wildman–Crippen MR) is 97.5 cm³/mol. The highest BCUT2D eigenvalue weighted by molar-refractivity contribution is 6.30. The third-order valence-electron chi connectivity index (χ3n) is 4.46. The molecule has 2 nitrogen and oxygen atoms in total. The van der Waals surface area contributed by atoms with Gasteiger partial charge < -0.3 is 5.32 Å². The van der Waals surface area contributed by atoms with Crippen molar-refractivity contribution in [3.05, 3.63) is 34.1 Å². The molecular weight excluding hydrogens is 403 g/mol. The standard InChI is InChI=1S/C16H21ClF4N2.2ClH/c1-3-10(2)15(23-8-6-22-7-9-23)13-11(16(19,20)21)4-5-12(17)14(13)18;;/h4-5,10,15,22H,3,6-9H2,1-2H3;2*1H/t10?,15-;;/m1../s1. The summed E-state index contributed by atoms with van der Waals surface area (Å²) in [5.41, 5.74) is -1.25. The van der Waals surface area contributed by atoms with E-state index in [-0.39, 0.29) is 41.3 Å². The van der Waals surface area contributed by atoms with Crippen molar-refractivity contribution in [3.8, 4) is 0 Å². The van der Waals surface area contributed by atoms with Crippen molar-refractivity contribution in [2.45, 2.75) is 32.5 Å². The third kappa shape index (κ3) is 5.60. The molecule has 0 aliphatic carbocycles. The highest BCUT2D eigenvalue weighted by Gasteiger charge is 2.40. The molecule has 0 aromatic heterocycles. The molecule has 1 unspecified atom stereocenters. The van der Waals surface area contributed by atoms with Gasteiger partial charge in [-0.05, 0) is 18.1 Å². The van der Waals surface area contributed by atoms with Crippen LogP contribution in [0.25, 0.3) is 0 Å². The van der Waals surface area contributed by atoms with Crippen LogP contribution >= 0.6 is 36.4 Å². The van der Waals surface area contributed by atoms with Crippen LogP contribution in [0.4, 0.5) is 17.6 Å². The molecule has 1 aliphatic heterocycles. The van der Waals surface area contributed by atoms with E-state index >= 15 is 0 Å². The number of hydrogen-bond acceptors (Lipinski definition) is 2. The lowest BCUT2D eigenvalue weighted by molar-refractivity contribution is -0.139. The van der Waals surface area contributed by atoms with Crippen LogP contribution in [0.5, 0.6) is 0 Å². The molecule has 0 amide bonds. The lowest BCUT2D eigenvalue weighted by atomic mass is 9.87. The lowest BCUT2D eigenvalue weighted by Crippen LogP contribution is -2.47. The van der Waals surface area contributed by atoms with Crippen LogP contribution in [0.15, 0.2) is 12.1 Å². The van der Waals surface area contributed by atoms with Gasteiger partial charge in [0.15, 0.2) is 0 Å². The summed E-state index contributed by atoms with van der Waals surface area (Å²) in [6.45, 7) is 6.27. The lowest BCUT2D eigenvalue weighted by Gasteiger charge is -2.39. The summed E-state index contributed by atoms with van der Waals surface area (Å²) in [6, 6.07) is 1.23. The van der Waals surface area contributed by atoms with Crippen molar-refractivity contribution in [3.63, 3.8) is 0 Å². The van der Waals surface area contributed by atoms with Gasteiger partial charge in [-0.2, -0.15) is 13.2 Å². The summed E-state index contributed by atoms with van der Waals surface area (Å²) >= 11 is 5.79. The largest absolute Gasteiger partial charge is 0.416 e. The van der Waals surface area contributed by atoms with Crippen LogP contribution in [-0.2, 0) is 6.18 Å². The van der Waals surface area contributed by atoms with Crippen molar-refractivity contribution in [1.82, 2.24) is 10.2 Å². The maximum absolute atomic E-state index is 14.6. The number of piperazine rings is 1. The van der Waals surface area contributed by atoms with Gasteiger partial charge in [0.25, 0.3) is 0 Å². The summed E-state index contributed by atoms with van der Waals surface area (Å²) in [5, 5.41) is 2.90. The monoisotopic (exact) mass is 424 g/mol. The van der Waals surface area contributed by atoms with Gasteiger partial charge in [-0.1, -0.05) is 31.9 Å². The Morgan fingerprint density at radius 3 is 2.24 bits per heavy atom. The van der Waals surface area contributed by atoms with Crippen LogP contribution in [0.2, 0.25) is 5.02 Å². The Hall–Kier alpha value is -0.270. The maximum Gasteiger partial charge on any atom is 0.416 e. The van der Waals surface area contributed by atoms with Gasteiger partial charge in [-0.25, -0.2) is 4.39 Å². The molecule has 25 heavy (non-hydrogen) atoms. The minimum atomic E-state index is -4.61. The van der Waals surface area contributed by atoms with E-state index in [0.717, 1.165) is 12.1 Å². The molecule has 2 atom stereocenters. The Balaban J connectivity index is 0.00000288. The Morgan fingerprint density at radius 2 is 1.76 bits per heavy atom. The Morgan fingerprint density at radius 1 is 1.20 bits per heavy atom. The number of rotatable bonds is 4. The van der Waals surface area contributed by atoms with E-state index in [1.165, 1.54) is 0 Å². The van der Waals surface area contributed by atoms with E-state index in [9.17, 15) is 17.6 Å². The molecule has 1 aliphatic rings. The van der Waals surface area contributed by atoms with E-state index in [4.69, 9.17) is 11.6 Å². The fourth-order valence-electron chi connectivity index (χ4n) is 3.11. The first-order chi connectivity index (χ1) is 10.8. The average molecular weight is 426 g/mol. The molecule has 146 valence electrons. The fraction of sp³-hybridized carbons (Fsp3) is 0.625. The minimum absolute atomic E-state index is 0. The number of alkyl halides is 3. The molecule has 2 rings (SSSR count). The molecule has 1 aromatic carbocycles. The second-order valence-corrected chi connectivity index (χ2v) is 6.34. The fourth-order valence-corrected chi connectivity index (χ4v) is 3.28. The van der Waals surface area contributed by atoms with E-state index in [1.807, 2.05) is 18.7 Å². The first kappa shape index (κ1) is 24.7. The van der Waals surface area contributed by atoms with Crippen molar-refractivity contribution < 1.29 is 17.6 Å². The van der Waals surface area contributed by atoms with E-state index in [1.54, 1.807) is 0 Å². The molecule has 1 aromatic rings. The average Bonchev–Trinajstić information content (AvgIpc) is 2.51. The maximum atomic E-state index is 14.6. The zero-order valence-electron chi connectivity index (χ0n) is 14.0. The van der Waals surface area contributed by atoms with Crippen LogP contribution in [0.1, 0.15) is 37.4 Å². The van der Waals surface area contributed by atoms with E-state index < -0.39 is 23.6 Å². The number of halogens is 7. The number of benzene rings is 1. The van der Waals surface area contributed by atoms with Crippen molar-refractivity contribution in [1.29, 1.82) is 0 Å². The van der Waals surface area contributed by atoms with Crippen molar-refractivity contribution in [2.24, 2.45) is 5.92 Å². The molecule has 1 N–H and O–H groups in total. The summed E-state index contributed by atoms with van der Waals surface area (Å²) < 4.78 is 54.9. The smallest absolute Gasteiger partial charge is 0.314 e. The SMILES string of the molecule is CCC(C)[C@H](c1c(C(F)(F)F)ccc(Cl)c1F)N1CCNCC1.Cl.Cl. The highest BCUT2D eigenvalue weighted by Crippen LogP contribution is 2.42. The molecule has 9 heteroatoms. The molecule has 0 spiro atoms. The Labute approximate surface area is 163 Å². The topological polar surface area (TPSA) is 15.3 Å². The van der Waals surface area contributed by atoms with Crippen LogP contribution in [0.3, 0.4) is 0 Å². The number of nitrogens with one attached hydrogen (secondary N) is 1. The van der Waals surface area contributed by atoms with Gasteiger partial charge in [0.1, 0.15) is 5.82 Å². The molecule has 1 heterocycles. The first-order valence-electron chi connectivity index (χ1n) is 7.77. The summed E-state index contributed by atoms with van der Waals surface area (Å²) in [6.07, 6.45) is -3.96. The second kappa shape index (κ2) is 10.2. The molecule has 0 bridgehead atoms. The van der Waals surface area contributed by atoms with Gasteiger partial charge in [0.05, 0.1) is 10.6 Å². The summed E-state index contributed by atoms with van der Waals surface area (Å²) in [5.74, 6) is -1.08. The molecule has 0 radical (unpaired) electrons. The zero-order chi connectivity index (χ0) is 17.2. The van der Waals surface area contributed by atoms with E-state index in [0.29, 0.717) is 32.6 Å². The summed E-state index contributed by atoms with van der Waals surface area (Å²) in [7, 11) is 0. The second-order valence-electron chi connectivity index (χ2n) is 5.94. The van der Waals surface area contributed by atoms with Gasteiger partial charge in [-0.3, -0.25) is 4.90 Å². The van der Waals surface area contributed by atoms with E-state index in [2.05, 4.69) is 5.32 Å². The van der Waals surface area contributed by atoms with Gasteiger partial charge >= 0.3 is 6.18 Å². The molecule has 0 saturated carbocycles.